The van der Waals surface area contributed by atoms with Crippen molar-refractivity contribution in [3.05, 3.63) is 50.7 Å². The maximum absolute atomic E-state index is 5.99. The molecular formula is C14H14BrClOS. The van der Waals surface area contributed by atoms with Crippen molar-refractivity contribution in [3.8, 4) is 5.75 Å². The van der Waals surface area contributed by atoms with Gasteiger partial charge in [-0.1, -0.05) is 45.2 Å². The van der Waals surface area contributed by atoms with Crippen molar-refractivity contribution in [3.63, 3.8) is 0 Å². The molecule has 0 N–H and O–H groups in total. The van der Waals surface area contributed by atoms with Crippen LogP contribution < -0.4 is 4.74 Å². The van der Waals surface area contributed by atoms with Crippen molar-refractivity contribution in [2.45, 2.75) is 18.7 Å². The number of hydrogen-bond acceptors (Lipinski definition) is 2. The third-order valence-corrected chi connectivity index (χ3v) is 5.17. The first-order valence-electron chi connectivity index (χ1n) is 5.74. The molecule has 0 saturated carbocycles. The smallest absolute Gasteiger partial charge is 0.123 e. The minimum atomic E-state index is 0.122. The molecule has 0 spiro atoms. The summed E-state index contributed by atoms with van der Waals surface area (Å²) in [5.74, 6) is 0.925. The van der Waals surface area contributed by atoms with E-state index in [-0.39, 0.29) is 4.83 Å². The maximum atomic E-state index is 5.99. The molecule has 1 atom stereocenters. The van der Waals surface area contributed by atoms with Gasteiger partial charge < -0.3 is 4.74 Å². The van der Waals surface area contributed by atoms with Crippen LogP contribution in [0.4, 0.5) is 0 Å². The van der Waals surface area contributed by atoms with Crippen LogP contribution >= 0.6 is 38.9 Å². The number of alkyl halides is 1. The van der Waals surface area contributed by atoms with Gasteiger partial charge in [0.1, 0.15) is 5.75 Å². The average Bonchev–Trinajstić information content (AvgIpc) is 2.77. The van der Waals surface area contributed by atoms with Crippen LogP contribution in [0.5, 0.6) is 5.75 Å². The van der Waals surface area contributed by atoms with Crippen LogP contribution in [-0.4, -0.2) is 6.61 Å². The van der Waals surface area contributed by atoms with Gasteiger partial charge in [0, 0.05) is 10.4 Å². The number of hydrogen-bond donors (Lipinski definition) is 0. The zero-order valence-electron chi connectivity index (χ0n) is 10.2. The number of ether oxygens (including phenoxy) is 1. The lowest BCUT2D eigenvalue weighted by molar-refractivity contribution is 0.337. The van der Waals surface area contributed by atoms with Crippen LogP contribution in [-0.2, 0) is 0 Å². The van der Waals surface area contributed by atoms with Crippen LogP contribution in [0.2, 0.25) is 4.34 Å². The fourth-order valence-corrected chi connectivity index (χ4v) is 3.62. The standard InChI is InChI=1S/C14H14BrClOS/c1-3-17-11-5-4-9(2)8-10(11)14(15)12-6-7-13(16)18-12/h4-8,14H,3H2,1-2H3. The highest BCUT2D eigenvalue weighted by atomic mass is 79.9. The molecule has 2 aromatic rings. The second-order valence-electron chi connectivity index (χ2n) is 3.98. The van der Waals surface area contributed by atoms with Crippen molar-refractivity contribution in [2.75, 3.05) is 6.61 Å². The molecule has 0 aliphatic carbocycles. The van der Waals surface area contributed by atoms with Crippen LogP contribution in [0, 0.1) is 6.92 Å². The molecule has 1 heterocycles. The van der Waals surface area contributed by atoms with E-state index in [9.17, 15) is 0 Å². The van der Waals surface area contributed by atoms with Gasteiger partial charge in [-0.25, -0.2) is 0 Å². The molecule has 1 aromatic heterocycles. The predicted octanol–water partition coefficient (Wildman–Crippen LogP) is 5.59. The Morgan fingerprint density at radius 3 is 2.72 bits per heavy atom. The third kappa shape index (κ3) is 3.08. The van der Waals surface area contributed by atoms with Crippen molar-refractivity contribution >= 4 is 38.9 Å². The predicted molar refractivity (Wildman–Crippen MR) is 82.4 cm³/mol. The molecule has 0 fully saturated rings. The Morgan fingerprint density at radius 2 is 2.11 bits per heavy atom. The lowest BCUT2D eigenvalue weighted by Crippen LogP contribution is -1.99. The quantitative estimate of drug-likeness (QED) is 0.656. The van der Waals surface area contributed by atoms with Crippen LogP contribution in [0.1, 0.15) is 27.8 Å². The number of aryl methyl sites for hydroxylation is 1. The molecule has 0 bridgehead atoms. The summed E-state index contributed by atoms with van der Waals surface area (Å²) >= 11 is 11.3. The van der Waals surface area contributed by atoms with Gasteiger partial charge in [-0.3, -0.25) is 0 Å². The van der Waals surface area contributed by atoms with Gasteiger partial charge >= 0.3 is 0 Å². The molecule has 2 rings (SSSR count). The van der Waals surface area contributed by atoms with Gasteiger partial charge in [0.25, 0.3) is 0 Å². The summed E-state index contributed by atoms with van der Waals surface area (Å²) in [4.78, 5) is 1.31. The zero-order valence-corrected chi connectivity index (χ0v) is 13.4. The van der Waals surface area contributed by atoms with Crippen molar-refractivity contribution < 1.29 is 4.74 Å². The molecule has 1 unspecified atom stereocenters. The fourth-order valence-electron chi connectivity index (χ4n) is 1.77. The van der Waals surface area contributed by atoms with Gasteiger partial charge in [-0.05, 0) is 32.0 Å². The molecule has 1 aromatic carbocycles. The maximum Gasteiger partial charge on any atom is 0.123 e. The van der Waals surface area contributed by atoms with Crippen LogP contribution in [0.15, 0.2) is 30.3 Å². The zero-order chi connectivity index (χ0) is 13.1. The van der Waals surface area contributed by atoms with Crippen molar-refractivity contribution in [1.29, 1.82) is 0 Å². The van der Waals surface area contributed by atoms with Gasteiger partial charge in [0.2, 0.25) is 0 Å². The third-order valence-electron chi connectivity index (χ3n) is 2.58. The van der Waals surface area contributed by atoms with E-state index >= 15 is 0 Å². The first-order chi connectivity index (χ1) is 8.61. The summed E-state index contributed by atoms with van der Waals surface area (Å²) in [6, 6.07) is 10.2. The Balaban J connectivity index is 2.39. The number of halogens is 2. The normalized spacial score (nSPS) is 12.4. The Morgan fingerprint density at radius 1 is 1.33 bits per heavy atom. The van der Waals surface area contributed by atoms with E-state index in [0.29, 0.717) is 6.61 Å². The lowest BCUT2D eigenvalue weighted by Gasteiger charge is -2.15. The summed E-state index contributed by atoms with van der Waals surface area (Å²) in [7, 11) is 0. The first-order valence-corrected chi connectivity index (χ1v) is 7.85. The molecule has 18 heavy (non-hydrogen) atoms. The number of benzene rings is 1. The molecule has 1 nitrogen and oxygen atoms in total. The molecule has 0 radical (unpaired) electrons. The summed E-state index contributed by atoms with van der Waals surface area (Å²) < 4.78 is 6.49. The minimum absolute atomic E-state index is 0.122. The monoisotopic (exact) mass is 344 g/mol. The highest BCUT2D eigenvalue weighted by molar-refractivity contribution is 9.09. The van der Waals surface area contributed by atoms with E-state index in [4.69, 9.17) is 16.3 Å². The van der Waals surface area contributed by atoms with E-state index in [1.54, 1.807) is 11.3 Å². The SMILES string of the molecule is CCOc1ccc(C)cc1C(Br)c1ccc(Cl)s1. The molecule has 4 heteroatoms. The largest absolute Gasteiger partial charge is 0.494 e. The molecule has 0 saturated heterocycles. The van der Waals surface area contributed by atoms with Gasteiger partial charge in [0.15, 0.2) is 0 Å². The first kappa shape index (κ1) is 13.9. The second-order valence-corrected chi connectivity index (χ2v) is 6.64. The molecule has 0 aliphatic heterocycles. The lowest BCUT2D eigenvalue weighted by atomic mass is 10.1. The second kappa shape index (κ2) is 6.09. The summed E-state index contributed by atoms with van der Waals surface area (Å²) in [5.41, 5.74) is 2.37. The van der Waals surface area contributed by atoms with E-state index in [0.717, 1.165) is 15.6 Å². The summed E-state index contributed by atoms with van der Waals surface area (Å²) in [6.45, 7) is 4.75. The highest BCUT2D eigenvalue weighted by Crippen LogP contribution is 2.41. The average molecular weight is 346 g/mol. The molecule has 0 aliphatic rings. The van der Waals surface area contributed by atoms with Crippen molar-refractivity contribution in [1.82, 2.24) is 0 Å². The van der Waals surface area contributed by atoms with E-state index in [1.165, 1.54) is 10.4 Å². The summed E-state index contributed by atoms with van der Waals surface area (Å²) in [5, 5.41) is 0. The van der Waals surface area contributed by atoms with E-state index < -0.39 is 0 Å². The minimum Gasteiger partial charge on any atom is -0.494 e. The van der Waals surface area contributed by atoms with Gasteiger partial charge in [-0.15, -0.1) is 11.3 Å². The molecular weight excluding hydrogens is 332 g/mol. The molecule has 0 amide bonds. The summed E-state index contributed by atoms with van der Waals surface area (Å²) in [6.07, 6.45) is 0. The Hall–Kier alpha value is -0.510. The fraction of sp³-hybridized carbons (Fsp3) is 0.286. The van der Waals surface area contributed by atoms with Gasteiger partial charge in [0.05, 0.1) is 15.8 Å². The number of thiophene rings is 1. The number of rotatable bonds is 4. The van der Waals surface area contributed by atoms with E-state index in [2.05, 4.69) is 35.0 Å². The Bertz CT molecular complexity index is 538. The molecule has 96 valence electrons. The van der Waals surface area contributed by atoms with E-state index in [1.807, 2.05) is 25.1 Å². The van der Waals surface area contributed by atoms with Crippen LogP contribution in [0.25, 0.3) is 0 Å². The highest BCUT2D eigenvalue weighted by Gasteiger charge is 2.17. The topological polar surface area (TPSA) is 9.23 Å². The van der Waals surface area contributed by atoms with Gasteiger partial charge in [-0.2, -0.15) is 0 Å². The Kier molecular flexibility index (Phi) is 4.71. The van der Waals surface area contributed by atoms with Crippen LogP contribution in [0.3, 0.4) is 0 Å². The van der Waals surface area contributed by atoms with Crippen molar-refractivity contribution in [2.24, 2.45) is 0 Å². The Labute approximate surface area is 125 Å².